The van der Waals surface area contributed by atoms with Gasteiger partial charge in [0.25, 0.3) is 0 Å². The summed E-state index contributed by atoms with van der Waals surface area (Å²) in [6.45, 7) is 0. The minimum Gasteiger partial charge on any atom is -1.00 e. The molecule has 0 spiro atoms. The van der Waals surface area contributed by atoms with Gasteiger partial charge in [-0.1, -0.05) is 34.8 Å². The zero-order valence-electron chi connectivity index (χ0n) is 8.49. The van der Waals surface area contributed by atoms with E-state index in [-0.39, 0.29) is 31.0 Å². The molecular weight excluding hydrogens is 297 g/mol. The van der Waals surface area contributed by atoms with Gasteiger partial charge in [-0.05, 0) is 18.2 Å². The van der Waals surface area contributed by atoms with Crippen molar-refractivity contribution in [3.8, 4) is 0 Å². The summed E-state index contributed by atoms with van der Waals surface area (Å²) in [6.07, 6.45) is 0. The second-order valence-corrected chi connectivity index (χ2v) is 4.15. The summed E-state index contributed by atoms with van der Waals surface area (Å²) < 4.78 is 31.6. The molecule has 0 aliphatic carbocycles. The van der Waals surface area contributed by atoms with Crippen LogP contribution in [0.4, 0.5) is 0 Å². The molecule has 4 nitrogen and oxygen atoms in total. The third-order valence-electron chi connectivity index (χ3n) is 0.882. The van der Waals surface area contributed by atoms with Crippen molar-refractivity contribution in [3.05, 3.63) is 33.3 Å². The van der Waals surface area contributed by atoms with Crippen LogP contribution in [0.1, 0.15) is 1.43 Å². The molecule has 0 unspecified atom stereocenters. The topological polar surface area (TPSA) is 74.6 Å². The molecule has 15 heavy (non-hydrogen) atoms. The van der Waals surface area contributed by atoms with Gasteiger partial charge in [0.1, 0.15) is 0 Å². The smallest absolute Gasteiger partial charge is 1.00 e. The maximum absolute atomic E-state index is 8.74. The molecule has 0 aromatic heterocycles. The Balaban J connectivity index is -0.000000214. The Labute approximate surface area is 126 Å². The number of halogens is 3. The van der Waals surface area contributed by atoms with Gasteiger partial charge in [-0.25, -0.2) is 0 Å². The fourth-order valence-electron chi connectivity index (χ4n) is 0.470. The van der Waals surface area contributed by atoms with Crippen molar-refractivity contribution < 1.29 is 48.5 Å². The first-order valence-electron chi connectivity index (χ1n) is 3.00. The van der Waals surface area contributed by atoms with Crippen molar-refractivity contribution in [1.29, 1.82) is 0 Å². The van der Waals surface area contributed by atoms with E-state index < -0.39 is 10.4 Å². The van der Waals surface area contributed by atoms with Gasteiger partial charge in [-0.2, -0.15) is 8.42 Å². The van der Waals surface area contributed by atoms with Crippen molar-refractivity contribution in [3.63, 3.8) is 0 Å². The van der Waals surface area contributed by atoms with E-state index in [1.54, 1.807) is 18.2 Å². The number of rotatable bonds is 0. The molecule has 0 saturated heterocycles. The van der Waals surface area contributed by atoms with E-state index in [0.717, 1.165) is 0 Å². The maximum atomic E-state index is 8.74. The summed E-state index contributed by atoms with van der Waals surface area (Å²) in [6, 6.07) is 4.95. The van der Waals surface area contributed by atoms with Crippen LogP contribution >= 0.6 is 34.8 Å². The molecular formula is C6H6Cl3NaO4S. The van der Waals surface area contributed by atoms with E-state index >= 15 is 0 Å². The molecule has 1 aromatic carbocycles. The van der Waals surface area contributed by atoms with Crippen molar-refractivity contribution in [2.45, 2.75) is 0 Å². The van der Waals surface area contributed by atoms with E-state index in [4.69, 9.17) is 52.3 Å². The van der Waals surface area contributed by atoms with E-state index in [0.29, 0.717) is 15.1 Å². The van der Waals surface area contributed by atoms with Crippen LogP contribution in [0, 0.1) is 0 Å². The van der Waals surface area contributed by atoms with E-state index in [9.17, 15) is 0 Å². The second kappa shape index (κ2) is 8.11. The number of benzene rings is 1. The van der Waals surface area contributed by atoms with E-state index in [1.807, 2.05) is 0 Å². The average Bonchev–Trinajstić information content (AvgIpc) is 1.94. The molecule has 9 heteroatoms. The molecule has 0 aliphatic heterocycles. The fourth-order valence-corrected chi connectivity index (χ4v) is 0.997. The number of hydrogen-bond acceptors (Lipinski definition) is 2. The third-order valence-corrected chi connectivity index (χ3v) is 1.86. The predicted octanol–water partition coefficient (Wildman–Crippen LogP) is 0.111. The summed E-state index contributed by atoms with van der Waals surface area (Å²) >= 11 is 16.8. The van der Waals surface area contributed by atoms with Gasteiger partial charge in [-0.15, -0.1) is 0 Å². The van der Waals surface area contributed by atoms with Crippen molar-refractivity contribution in [2.24, 2.45) is 0 Å². The molecule has 82 valence electrons. The first kappa shape index (κ1) is 18.3. The Morgan fingerprint density at radius 2 is 1.47 bits per heavy atom. The van der Waals surface area contributed by atoms with Crippen molar-refractivity contribution >= 4 is 45.2 Å². The molecule has 0 radical (unpaired) electrons. The molecule has 1 aromatic rings. The molecule has 0 heterocycles. The normalized spacial score (nSPS) is 9.67. The Morgan fingerprint density at radius 3 is 1.73 bits per heavy atom. The Kier molecular flexibility index (Phi) is 9.91. The van der Waals surface area contributed by atoms with Crippen LogP contribution in [0.15, 0.2) is 18.2 Å². The van der Waals surface area contributed by atoms with Gasteiger partial charge in [0, 0.05) is 5.02 Å². The fraction of sp³-hybridized carbons (Fsp3) is 0. The van der Waals surface area contributed by atoms with Crippen LogP contribution < -0.4 is 29.6 Å². The van der Waals surface area contributed by atoms with Crippen molar-refractivity contribution in [2.75, 3.05) is 0 Å². The first-order valence-corrected chi connectivity index (χ1v) is 5.53. The molecule has 0 bridgehead atoms. The van der Waals surface area contributed by atoms with Crippen LogP contribution in [0.2, 0.25) is 15.1 Å². The Bertz CT molecular complexity index is 406. The summed E-state index contributed by atoms with van der Waals surface area (Å²) in [5.74, 6) is 0. The maximum Gasteiger partial charge on any atom is 1.00 e. The van der Waals surface area contributed by atoms with Gasteiger partial charge in [0.05, 0.1) is 10.0 Å². The summed E-state index contributed by atoms with van der Waals surface area (Å²) in [4.78, 5) is 0. The van der Waals surface area contributed by atoms with Crippen LogP contribution in [0.25, 0.3) is 0 Å². The van der Waals surface area contributed by atoms with Crippen molar-refractivity contribution in [1.82, 2.24) is 0 Å². The number of hydrogen-bond donors (Lipinski definition) is 2. The van der Waals surface area contributed by atoms with E-state index in [2.05, 4.69) is 0 Å². The zero-order valence-corrected chi connectivity index (χ0v) is 12.6. The minimum absolute atomic E-state index is 0. The summed E-state index contributed by atoms with van der Waals surface area (Å²) in [5.41, 5.74) is 0. The van der Waals surface area contributed by atoms with Gasteiger partial charge < -0.3 is 1.43 Å². The van der Waals surface area contributed by atoms with Crippen LogP contribution in [-0.4, -0.2) is 17.5 Å². The van der Waals surface area contributed by atoms with Gasteiger partial charge in [0.2, 0.25) is 0 Å². The monoisotopic (exact) mass is 302 g/mol. The molecule has 0 saturated carbocycles. The van der Waals surface area contributed by atoms with Crippen LogP contribution in [0.3, 0.4) is 0 Å². The van der Waals surface area contributed by atoms with Gasteiger partial charge >= 0.3 is 40.0 Å². The van der Waals surface area contributed by atoms with Crippen LogP contribution in [0.5, 0.6) is 0 Å². The SMILES string of the molecule is Clc1ccc(Cl)c(Cl)c1.O=S(=O)(O)O.[H-].[Na+]. The first-order chi connectivity index (χ1) is 6.20. The van der Waals surface area contributed by atoms with E-state index in [1.165, 1.54) is 0 Å². The summed E-state index contributed by atoms with van der Waals surface area (Å²) in [5, 5.41) is 1.62. The molecule has 0 amide bonds. The molecule has 1 rings (SSSR count). The Morgan fingerprint density at radius 1 is 1.07 bits per heavy atom. The average molecular weight is 304 g/mol. The standard InChI is InChI=1S/C6H3Cl3.Na.H2O4S.H/c7-4-1-2-5(8)6(9)3-4;;1-5(2,3)4;/h1-3H;;(H2,1,2,3,4);/q;+1;;-1. The second-order valence-electron chi connectivity index (χ2n) is 2.01. The molecule has 2 N–H and O–H groups in total. The zero-order chi connectivity index (χ0) is 11.4. The predicted molar refractivity (Wildman–Crippen MR) is 56.8 cm³/mol. The summed E-state index contributed by atoms with van der Waals surface area (Å²) in [7, 11) is -4.67. The largest absolute Gasteiger partial charge is 1.00 e. The molecule has 0 atom stereocenters. The minimum atomic E-state index is -4.67. The van der Waals surface area contributed by atoms with Crippen LogP contribution in [-0.2, 0) is 10.4 Å². The molecule has 0 aliphatic rings. The van der Waals surface area contributed by atoms with Gasteiger partial charge in [-0.3, -0.25) is 9.11 Å². The van der Waals surface area contributed by atoms with Gasteiger partial charge in [0.15, 0.2) is 0 Å². The molecule has 0 fully saturated rings. The Hall–Kier alpha value is 0.960. The quantitative estimate of drug-likeness (QED) is 0.405. The third kappa shape index (κ3) is 12.9.